The maximum atomic E-state index is 11.1. The van der Waals surface area contributed by atoms with Crippen molar-refractivity contribution in [2.75, 3.05) is 24.2 Å². The Kier molecular flexibility index (Phi) is 2.86. The van der Waals surface area contributed by atoms with E-state index >= 15 is 0 Å². The quantitative estimate of drug-likeness (QED) is 0.414. The third-order valence-corrected chi connectivity index (χ3v) is 1.58. The van der Waals surface area contributed by atoms with Crippen molar-refractivity contribution < 1.29 is 9.95 Å². The average molecular weight is 184 g/mol. The van der Waals surface area contributed by atoms with Gasteiger partial charge in [-0.05, 0) is 6.92 Å². The first-order valence-electron chi connectivity index (χ1n) is 3.87. The maximum Gasteiger partial charge on any atom is 0.299 e. The highest BCUT2D eigenvalue weighted by Gasteiger charge is 2.07. The van der Waals surface area contributed by atoms with Gasteiger partial charge in [0, 0.05) is 11.6 Å². The molecule has 1 aromatic heterocycles. The summed E-state index contributed by atoms with van der Waals surface area (Å²) >= 11 is 0. The topological polar surface area (TPSA) is 98.1 Å². The van der Waals surface area contributed by atoms with Crippen molar-refractivity contribution in [3.05, 3.63) is 16.8 Å². The summed E-state index contributed by atoms with van der Waals surface area (Å²) in [5.41, 5.74) is 6.14. The summed E-state index contributed by atoms with van der Waals surface area (Å²) in [7, 11) is 0. The van der Waals surface area contributed by atoms with Gasteiger partial charge < -0.3 is 16.0 Å². The zero-order valence-electron chi connectivity index (χ0n) is 7.32. The van der Waals surface area contributed by atoms with Crippen molar-refractivity contribution in [2.45, 2.75) is 6.92 Å². The first kappa shape index (κ1) is 9.53. The fraction of sp³-hybridized carbons (Fsp3) is 0.429. The lowest BCUT2D eigenvalue weighted by Gasteiger charge is -2.08. The van der Waals surface area contributed by atoms with Gasteiger partial charge in [0.1, 0.15) is 6.54 Å². The third kappa shape index (κ3) is 2.19. The number of nitrogens with one attached hydrogen (secondary N) is 1. The van der Waals surface area contributed by atoms with E-state index in [1.165, 1.54) is 0 Å². The van der Waals surface area contributed by atoms with Gasteiger partial charge in [0.2, 0.25) is 0 Å². The minimum Gasteiger partial charge on any atom is -0.691 e. The third-order valence-electron chi connectivity index (χ3n) is 1.58. The average Bonchev–Trinajstić information content (AvgIpc) is 2.09. The van der Waals surface area contributed by atoms with Gasteiger partial charge in [-0.2, -0.15) is 0 Å². The van der Waals surface area contributed by atoms with Crippen LogP contribution < -0.4 is 15.9 Å². The Morgan fingerprint density at radius 2 is 2.46 bits per heavy atom. The summed E-state index contributed by atoms with van der Waals surface area (Å²) < 4.78 is 0. The van der Waals surface area contributed by atoms with Gasteiger partial charge in [0.15, 0.2) is 5.82 Å². The molecule has 1 aromatic rings. The van der Waals surface area contributed by atoms with Crippen molar-refractivity contribution in [2.24, 2.45) is 0 Å². The number of nitrogens with zero attached hydrogens (tertiary/aromatic N) is 2. The van der Waals surface area contributed by atoms with Crippen LogP contribution in [0.15, 0.2) is 6.07 Å². The monoisotopic (exact) mass is 184 g/mol. The molecule has 0 aromatic carbocycles. The normalized spacial score (nSPS) is 10.0. The molecule has 6 nitrogen and oxygen atoms in total. The van der Waals surface area contributed by atoms with Gasteiger partial charge in [-0.3, -0.25) is 5.32 Å². The van der Waals surface area contributed by atoms with E-state index in [0.717, 1.165) is 5.56 Å². The Morgan fingerprint density at radius 1 is 1.77 bits per heavy atom. The standard InChI is InChI=1S/C7H12N4O2/c1-5-4-6(9-2-3-12)11(13)10-7(5)8/h4,9,12H,2-3H2,1H3,(H2,8,10). The second-order valence-electron chi connectivity index (χ2n) is 2.62. The van der Waals surface area contributed by atoms with E-state index in [4.69, 9.17) is 10.8 Å². The van der Waals surface area contributed by atoms with Crippen LogP contribution in [0.25, 0.3) is 0 Å². The summed E-state index contributed by atoms with van der Waals surface area (Å²) in [5, 5.41) is 25.8. The zero-order valence-corrected chi connectivity index (χ0v) is 7.32. The van der Waals surface area contributed by atoms with Crippen LogP contribution in [-0.4, -0.2) is 23.4 Å². The minimum absolute atomic E-state index is 0.0383. The smallest absolute Gasteiger partial charge is 0.299 e. The largest absolute Gasteiger partial charge is 0.691 e. The summed E-state index contributed by atoms with van der Waals surface area (Å²) in [6.45, 7) is 2.03. The van der Waals surface area contributed by atoms with Gasteiger partial charge in [-0.25, -0.2) is 0 Å². The number of hydrogen-bond donors (Lipinski definition) is 3. The number of aliphatic hydroxyl groups is 1. The number of nitrogen functional groups attached to an aromatic ring is 1. The molecule has 0 spiro atoms. The molecule has 0 aliphatic carbocycles. The Balaban J connectivity index is 2.88. The molecule has 6 heteroatoms. The molecule has 1 heterocycles. The van der Waals surface area contributed by atoms with Crippen molar-refractivity contribution >= 4 is 11.6 Å². The molecule has 0 aliphatic rings. The van der Waals surface area contributed by atoms with Crippen molar-refractivity contribution in [3.63, 3.8) is 0 Å². The van der Waals surface area contributed by atoms with Crippen LogP contribution in [-0.2, 0) is 0 Å². The number of aryl methyl sites for hydroxylation is 1. The molecule has 1 rings (SSSR count). The number of aliphatic hydroxyl groups excluding tert-OH is 1. The van der Waals surface area contributed by atoms with E-state index < -0.39 is 0 Å². The molecule has 0 unspecified atom stereocenters. The fourth-order valence-electron chi connectivity index (χ4n) is 0.867. The molecule has 0 atom stereocenters. The summed E-state index contributed by atoms with van der Waals surface area (Å²) in [4.78, 5) is 0.401. The predicted octanol–water partition coefficient (Wildman–Crippen LogP) is -0.990. The molecular formula is C7H12N4O2. The van der Waals surface area contributed by atoms with E-state index in [0.29, 0.717) is 17.2 Å². The Morgan fingerprint density at radius 3 is 3.08 bits per heavy atom. The Labute approximate surface area is 75.6 Å². The fourth-order valence-corrected chi connectivity index (χ4v) is 0.867. The van der Waals surface area contributed by atoms with E-state index in [2.05, 4.69) is 10.4 Å². The molecule has 0 fully saturated rings. The zero-order chi connectivity index (χ0) is 9.84. The first-order valence-corrected chi connectivity index (χ1v) is 3.87. The van der Waals surface area contributed by atoms with Crippen LogP contribution >= 0.6 is 0 Å². The van der Waals surface area contributed by atoms with Crippen LogP contribution in [0.5, 0.6) is 0 Å². The lowest BCUT2D eigenvalue weighted by Crippen LogP contribution is -2.36. The van der Waals surface area contributed by atoms with Crippen molar-refractivity contribution in [1.29, 1.82) is 0 Å². The molecule has 13 heavy (non-hydrogen) atoms. The molecule has 0 radical (unpaired) electrons. The lowest BCUT2D eigenvalue weighted by atomic mass is 10.3. The second kappa shape index (κ2) is 3.90. The predicted molar refractivity (Wildman–Crippen MR) is 47.9 cm³/mol. The number of rotatable bonds is 3. The van der Waals surface area contributed by atoms with Gasteiger partial charge in [0.25, 0.3) is 5.82 Å². The first-order chi connectivity index (χ1) is 6.15. The highest BCUT2D eigenvalue weighted by Crippen LogP contribution is 2.07. The number of nitrogens with two attached hydrogens (primary N) is 1. The maximum absolute atomic E-state index is 11.1. The van der Waals surface area contributed by atoms with E-state index in [1.807, 2.05) is 0 Å². The van der Waals surface area contributed by atoms with Gasteiger partial charge in [-0.15, -0.1) is 4.85 Å². The van der Waals surface area contributed by atoms with E-state index in [9.17, 15) is 5.21 Å². The number of aromatic nitrogens is 2. The van der Waals surface area contributed by atoms with Crippen LogP contribution in [0.1, 0.15) is 5.56 Å². The molecule has 0 saturated carbocycles. The summed E-state index contributed by atoms with van der Waals surface area (Å²) in [6.07, 6.45) is 0. The van der Waals surface area contributed by atoms with E-state index in [1.54, 1.807) is 13.0 Å². The van der Waals surface area contributed by atoms with Gasteiger partial charge >= 0.3 is 0 Å². The Bertz CT molecular complexity index is 303. The SMILES string of the molecule is Cc1cc(NCCO)[n+]([O-])nc1N. The van der Waals surface area contributed by atoms with Crippen molar-refractivity contribution in [3.8, 4) is 0 Å². The van der Waals surface area contributed by atoms with Crippen LogP contribution in [0, 0.1) is 12.1 Å². The number of anilines is 2. The van der Waals surface area contributed by atoms with Crippen molar-refractivity contribution in [1.82, 2.24) is 5.10 Å². The summed E-state index contributed by atoms with van der Waals surface area (Å²) in [5.74, 6) is 0.505. The van der Waals surface area contributed by atoms with Crippen LogP contribution in [0.3, 0.4) is 0 Å². The van der Waals surface area contributed by atoms with Gasteiger partial charge in [0.05, 0.1) is 6.61 Å². The lowest BCUT2D eigenvalue weighted by molar-refractivity contribution is -0.653. The Hall–Kier alpha value is -1.56. The molecule has 0 amide bonds. The van der Waals surface area contributed by atoms with Gasteiger partial charge in [-0.1, -0.05) is 5.10 Å². The summed E-state index contributed by atoms with van der Waals surface area (Å²) in [6, 6.07) is 1.59. The highest BCUT2D eigenvalue weighted by atomic mass is 16.5. The number of hydrogen-bond acceptors (Lipinski definition) is 5. The molecule has 4 N–H and O–H groups in total. The molecular weight excluding hydrogens is 172 g/mol. The second-order valence-corrected chi connectivity index (χ2v) is 2.62. The molecule has 0 aliphatic heterocycles. The molecule has 0 saturated heterocycles. The molecule has 0 bridgehead atoms. The highest BCUT2D eigenvalue weighted by molar-refractivity contribution is 5.42. The molecule has 72 valence electrons. The van der Waals surface area contributed by atoms with E-state index in [-0.39, 0.29) is 12.4 Å². The van der Waals surface area contributed by atoms with Crippen LogP contribution in [0.4, 0.5) is 11.6 Å². The van der Waals surface area contributed by atoms with Crippen LogP contribution in [0.2, 0.25) is 0 Å². The minimum atomic E-state index is -0.0383.